The minimum Gasteiger partial charge on any atom is -0.444 e. The molecule has 0 aromatic rings. The average Bonchev–Trinajstić information content (AvgIpc) is 2.46. The van der Waals surface area contributed by atoms with Gasteiger partial charge in [-0.2, -0.15) is 0 Å². The molecule has 0 radical (unpaired) electrons. The third-order valence-electron chi connectivity index (χ3n) is 2.80. The van der Waals surface area contributed by atoms with Gasteiger partial charge in [0.05, 0.1) is 0 Å². The molecular formula is C13H26N2O2. The number of carbonyl (C=O) groups is 1. The molecule has 0 aromatic carbocycles. The number of nitrogens with one attached hydrogen (secondary N) is 1. The molecule has 1 N–H and O–H groups in total. The zero-order valence-corrected chi connectivity index (χ0v) is 11.7. The van der Waals surface area contributed by atoms with Crippen LogP contribution in [0.15, 0.2) is 0 Å². The highest BCUT2D eigenvalue weighted by molar-refractivity contribution is 5.68. The Morgan fingerprint density at radius 1 is 1.53 bits per heavy atom. The first kappa shape index (κ1) is 14.3. The van der Waals surface area contributed by atoms with Gasteiger partial charge < -0.3 is 15.0 Å². The van der Waals surface area contributed by atoms with E-state index in [2.05, 4.69) is 17.1 Å². The van der Waals surface area contributed by atoms with Crippen molar-refractivity contribution >= 4 is 6.09 Å². The van der Waals surface area contributed by atoms with Crippen LogP contribution in [-0.2, 0) is 4.74 Å². The van der Waals surface area contributed by atoms with Crippen LogP contribution >= 0.6 is 0 Å². The largest absolute Gasteiger partial charge is 0.444 e. The zero-order chi connectivity index (χ0) is 13.1. The number of likely N-dealkylation sites (tertiary alicyclic amines) is 1. The lowest BCUT2D eigenvalue weighted by Crippen LogP contribution is -2.43. The van der Waals surface area contributed by atoms with Crippen LogP contribution < -0.4 is 5.32 Å². The van der Waals surface area contributed by atoms with Crippen molar-refractivity contribution in [3.05, 3.63) is 0 Å². The number of ether oxygens (including phenoxy) is 1. The molecule has 100 valence electrons. The van der Waals surface area contributed by atoms with E-state index in [-0.39, 0.29) is 12.1 Å². The molecular weight excluding hydrogens is 216 g/mol. The molecule has 0 aliphatic carbocycles. The third-order valence-corrected chi connectivity index (χ3v) is 2.80. The first-order chi connectivity index (χ1) is 7.76. The van der Waals surface area contributed by atoms with Crippen molar-refractivity contribution in [2.24, 2.45) is 5.92 Å². The van der Waals surface area contributed by atoms with E-state index < -0.39 is 5.60 Å². The van der Waals surface area contributed by atoms with Gasteiger partial charge in [0, 0.05) is 19.1 Å². The maximum absolute atomic E-state index is 11.6. The Morgan fingerprint density at radius 3 is 2.65 bits per heavy atom. The summed E-state index contributed by atoms with van der Waals surface area (Å²) < 4.78 is 5.23. The fraction of sp³-hybridized carbons (Fsp3) is 0.923. The number of hydrogen-bond donors (Lipinski definition) is 1. The first-order valence-electron chi connectivity index (χ1n) is 6.48. The second-order valence-electron chi connectivity index (χ2n) is 6.20. The number of carbonyl (C=O) groups excluding carboxylic acids is 1. The van der Waals surface area contributed by atoms with Crippen LogP contribution in [-0.4, -0.2) is 42.3 Å². The molecule has 0 aromatic heterocycles. The molecule has 1 amide bonds. The van der Waals surface area contributed by atoms with Gasteiger partial charge in [-0.25, -0.2) is 4.79 Å². The Morgan fingerprint density at radius 2 is 2.18 bits per heavy atom. The van der Waals surface area contributed by atoms with E-state index in [4.69, 9.17) is 4.74 Å². The normalized spacial score (nSPS) is 23.5. The maximum Gasteiger partial charge on any atom is 0.407 e. The first-order valence-corrected chi connectivity index (χ1v) is 6.48. The Labute approximate surface area is 105 Å². The van der Waals surface area contributed by atoms with Gasteiger partial charge in [0.1, 0.15) is 5.60 Å². The Hall–Kier alpha value is -0.770. The van der Waals surface area contributed by atoms with Crippen LogP contribution in [0.5, 0.6) is 0 Å². The van der Waals surface area contributed by atoms with Crippen molar-refractivity contribution in [2.75, 3.05) is 19.6 Å². The van der Waals surface area contributed by atoms with Gasteiger partial charge in [-0.3, -0.25) is 0 Å². The molecule has 1 unspecified atom stereocenters. The lowest BCUT2D eigenvalue weighted by atomic mass is 10.2. The predicted molar refractivity (Wildman–Crippen MR) is 69.1 cm³/mol. The molecule has 1 saturated heterocycles. The Balaban J connectivity index is 2.25. The van der Waals surface area contributed by atoms with Crippen molar-refractivity contribution in [1.82, 2.24) is 10.2 Å². The summed E-state index contributed by atoms with van der Waals surface area (Å²) in [6.45, 7) is 13.1. The van der Waals surface area contributed by atoms with Crippen LogP contribution in [0.2, 0.25) is 0 Å². The number of rotatable bonds is 3. The minimum atomic E-state index is -0.425. The molecule has 17 heavy (non-hydrogen) atoms. The monoisotopic (exact) mass is 242 g/mol. The molecule has 0 bridgehead atoms. The Kier molecular flexibility index (Phi) is 4.80. The SMILES string of the molecule is CC1CCN(C[C@@H](C)NC(=O)OC(C)(C)C)C1. The average molecular weight is 242 g/mol. The summed E-state index contributed by atoms with van der Waals surface area (Å²) >= 11 is 0. The van der Waals surface area contributed by atoms with Crippen molar-refractivity contribution < 1.29 is 9.53 Å². The van der Waals surface area contributed by atoms with Gasteiger partial charge in [-0.05, 0) is 46.6 Å². The molecule has 1 heterocycles. The van der Waals surface area contributed by atoms with Gasteiger partial charge in [0.2, 0.25) is 0 Å². The molecule has 0 spiro atoms. The van der Waals surface area contributed by atoms with E-state index >= 15 is 0 Å². The maximum atomic E-state index is 11.6. The summed E-state index contributed by atoms with van der Waals surface area (Å²) in [4.78, 5) is 14.0. The smallest absolute Gasteiger partial charge is 0.407 e. The molecule has 1 aliphatic heterocycles. The number of nitrogens with zero attached hydrogens (tertiary/aromatic N) is 1. The summed E-state index contributed by atoms with van der Waals surface area (Å²) in [5.74, 6) is 0.781. The minimum absolute atomic E-state index is 0.134. The van der Waals surface area contributed by atoms with Gasteiger partial charge in [-0.1, -0.05) is 6.92 Å². The fourth-order valence-corrected chi connectivity index (χ4v) is 2.13. The highest BCUT2D eigenvalue weighted by Gasteiger charge is 2.22. The predicted octanol–water partition coefficient (Wildman–Crippen LogP) is 2.24. The van der Waals surface area contributed by atoms with E-state index in [0.717, 1.165) is 25.6 Å². The summed E-state index contributed by atoms with van der Waals surface area (Å²) in [5, 5.41) is 2.88. The summed E-state index contributed by atoms with van der Waals surface area (Å²) in [6.07, 6.45) is 0.941. The van der Waals surface area contributed by atoms with Crippen molar-refractivity contribution in [1.29, 1.82) is 0 Å². The van der Waals surface area contributed by atoms with Crippen LogP contribution in [0.4, 0.5) is 4.79 Å². The van der Waals surface area contributed by atoms with Crippen molar-refractivity contribution in [3.8, 4) is 0 Å². The highest BCUT2D eigenvalue weighted by Crippen LogP contribution is 2.15. The Bertz CT molecular complexity index is 261. The van der Waals surface area contributed by atoms with Gasteiger partial charge in [-0.15, -0.1) is 0 Å². The number of alkyl carbamates (subject to hydrolysis) is 1. The second-order valence-corrected chi connectivity index (χ2v) is 6.20. The topological polar surface area (TPSA) is 41.6 Å². The zero-order valence-electron chi connectivity index (χ0n) is 11.7. The van der Waals surface area contributed by atoms with E-state index in [1.165, 1.54) is 6.42 Å². The number of hydrogen-bond acceptors (Lipinski definition) is 3. The molecule has 0 saturated carbocycles. The molecule has 2 atom stereocenters. The highest BCUT2D eigenvalue weighted by atomic mass is 16.6. The lowest BCUT2D eigenvalue weighted by molar-refractivity contribution is 0.0499. The molecule has 4 nitrogen and oxygen atoms in total. The van der Waals surface area contributed by atoms with Crippen LogP contribution in [0.1, 0.15) is 41.0 Å². The number of amides is 1. The molecule has 4 heteroatoms. The van der Waals surface area contributed by atoms with Crippen LogP contribution in [0.3, 0.4) is 0 Å². The van der Waals surface area contributed by atoms with Gasteiger partial charge >= 0.3 is 6.09 Å². The van der Waals surface area contributed by atoms with Crippen LogP contribution in [0, 0.1) is 5.92 Å². The van der Waals surface area contributed by atoms with Crippen molar-refractivity contribution in [3.63, 3.8) is 0 Å². The van der Waals surface area contributed by atoms with Gasteiger partial charge in [0.25, 0.3) is 0 Å². The van der Waals surface area contributed by atoms with E-state index in [9.17, 15) is 4.79 Å². The van der Waals surface area contributed by atoms with E-state index in [1.807, 2.05) is 27.7 Å². The van der Waals surface area contributed by atoms with E-state index in [1.54, 1.807) is 0 Å². The summed E-state index contributed by atoms with van der Waals surface area (Å²) in [6, 6.07) is 0.134. The summed E-state index contributed by atoms with van der Waals surface area (Å²) in [5.41, 5.74) is -0.425. The van der Waals surface area contributed by atoms with E-state index in [0.29, 0.717) is 0 Å². The van der Waals surface area contributed by atoms with Crippen LogP contribution in [0.25, 0.3) is 0 Å². The van der Waals surface area contributed by atoms with Gasteiger partial charge in [0.15, 0.2) is 0 Å². The fourth-order valence-electron chi connectivity index (χ4n) is 2.13. The lowest BCUT2D eigenvalue weighted by Gasteiger charge is -2.24. The second kappa shape index (κ2) is 5.71. The molecule has 1 aliphatic rings. The molecule has 1 rings (SSSR count). The van der Waals surface area contributed by atoms with Crippen molar-refractivity contribution in [2.45, 2.75) is 52.7 Å². The quantitative estimate of drug-likeness (QED) is 0.825. The molecule has 1 fully saturated rings. The third kappa shape index (κ3) is 5.91. The standard InChI is InChI=1S/C13H26N2O2/c1-10-6-7-15(8-10)9-11(2)14-12(16)17-13(3,4)5/h10-11H,6-9H2,1-5H3,(H,14,16)/t10?,11-/m1/s1. The summed E-state index contributed by atoms with van der Waals surface area (Å²) in [7, 11) is 0.